The second-order valence-corrected chi connectivity index (χ2v) is 7.56. The number of carbonyl (C=O) groups is 2. The van der Waals surface area contributed by atoms with Crippen LogP contribution in [0.2, 0.25) is 0 Å². The molecule has 0 aliphatic heterocycles. The summed E-state index contributed by atoms with van der Waals surface area (Å²) in [5.74, 6) is -1.14. The highest BCUT2D eigenvalue weighted by atomic mass is 79.9. The minimum Gasteiger partial charge on any atom is -0.481 e. The quantitative estimate of drug-likeness (QED) is 0.889. The largest absolute Gasteiger partial charge is 0.481 e. The van der Waals surface area contributed by atoms with Crippen molar-refractivity contribution in [2.75, 3.05) is 0 Å². The van der Waals surface area contributed by atoms with Crippen LogP contribution < -0.4 is 5.32 Å². The summed E-state index contributed by atoms with van der Waals surface area (Å²) in [6.07, 6.45) is -0.0816. The zero-order chi connectivity index (χ0) is 13.9. The van der Waals surface area contributed by atoms with Gasteiger partial charge >= 0.3 is 5.97 Å². The molecule has 2 N–H and O–H groups in total. The Labute approximate surface area is 119 Å². The predicted octanol–water partition coefficient (Wildman–Crippen LogP) is 3.13. The Hall–Kier alpha value is -0.880. The number of halogens is 1. The Kier molecular flexibility index (Phi) is 4.92. The van der Waals surface area contributed by atoms with Crippen molar-refractivity contribution in [3.8, 4) is 0 Å². The summed E-state index contributed by atoms with van der Waals surface area (Å²) in [7, 11) is 0. The number of carboxylic acid groups (broad SMARTS) is 1. The van der Waals surface area contributed by atoms with Crippen LogP contribution in [-0.4, -0.2) is 23.0 Å². The van der Waals surface area contributed by atoms with E-state index in [0.717, 1.165) is 3.79 Å². The van der Waals surface area contributed by atoms with E-state index in [1.165, 1.54) is 11.3 Å². The molecule has 1 aromatic rings. The first-order chi connectivity index (χ1) is 8.20. The molecule has 4 nitrogen and oxygen atoms in total. The van der Waals surface area contributed by atoms with Gasteiger partial charge in [-0.2, -0.15) is 0 Å². The number of hydrogen-bond donors (Lipinski definition) is 2. The average Bonchev–Trinajstić information content (AvgIpc) is 2.61. The minimum atomic E-state index is -0.914. The summed E-state index contributed by atoms with van der Waals surface area (Å²) >= 11 is 4.62. The van der Waals surface area contributed by atoms with Crippen molar-refractivity contribution >= 4 is 39.1 Å². The van der Waals surface area contributed by atoms with Gasteiger partial charge in [-0.05, 0) is 33.5 Å². The summed E-state index contributed by atoms with van der Waals surface area (Å²) in [6.45, 7) is 5.72. The number of hydrogen-bond acceptors (Lipinski definition) is 3. The number of carboxylic acids is 1. The molecule has 0 aliphatic rings. The van der Waals surface area contributed by atoms with E-state index in [4.69, 9.17) is 5.11 Å². The van der Waals surface area contributed by atoms with Crippen molar-refractivity contribution in [3.05, 3.63) is 20.8 Å². The van der Waals surface area contributed by atoms with Crippen molar-refractivity contribution in [1.82, 2.24) is 5.32 Å². The van der Waals surface area contributed by atoms with Gasteiger partial charge < -0.3 is 10.4 Å². The number of aliphatic carboxylic acids is 1. The lowest BCUT2D eigenvalue weighted by Crippen LogP contribution is -2.44. The molecule has 100 valence electrons. The number of nitrogens with one attached hydrogen (secondary N) is 1. The van der Waals surface area contributed by atoms with E-state index >= 15 is 0 Å². The van der Waals surface area contributed by atoms with Gasteiger partial charge in [-0.25, -0.2) is 0 Å². The van der Waals surface area contributed by atoms with Gasteiger partial charge in [-0.1, -0.05) is 20.8 Å². The Morgan fingerprint density at radius 1 is 1.44 bits per heavy atom. The lowest BCUT2D eigenvalue weighted by atomic mass is 9.84. The first-order valence-corrected chi connectivity index (χ1v) is 7.09. The van der Waals surface area contributed by atoms with Gasteiger partial charge in [-0.3, -0.25) is 9.59 Å². The summed E-state index contributed by atoms with van der Waals surface area (Å²) in [5.41, 5.74) is -0.303. The molecule has 1 aromatic heterocycles. The van der Waals surface area contributed by atoms with Gasteiger partial charge in [0.05, 0.1) is 15.1 Å². The van der Waals surface area contributed by atoms with E-state index in [9.17, 15) is 9.59 Å². The van der Waals surface area contributed by atoms with E-state index in [-0.39, 0.29) is 17.7 Å². The van der Waals surface area contributed by atoms with Crippen molar-refractivity contribution in [3.63, 3.8) is 0 Å². The maximum absolute atomic E-state index is 12.0. The molecule has 18 heavy (non-hydrogen) atoms. The molecule has 0 radical (unpaired) electrons. The van der Waals surface area contributed by atoms with Gasteiger partial charge in [0.25, 0.3) is 5.91 Å². The van der Waals surface area contributed by atoms with Crippen LogP contribution in [0.5, 0.6) is 0 Å². The van der Waals surface area contributed by atoms with E-state index in [1.54, 1.807) is 12.1 Å². The van der Waals surface area contributed by atoms with Crippen molar-refractivity contribution in [2.24, 2.45) is 5.41 Å². The Balaban J connectivity index is 2.78. The average molecular weight is 334 g/mol. The third-order valence-corrected chi connectivity index (χ3v) is 4.15. The fourth-order valence-electron chi connectivity index (χ4n) is 1.41. The van der Waals surface area contributed by atoms with Gasteiger partial charge in [0.15, 0.2) is 0 Å². The zero-order valence-corrected chi connectivity index (χ0v) is 12.9. The Morgan fingerprint density at radius 2 is 2.06 bits per heavy atom. The summed E-state index contributed by atoms with van der Waals surface area (Å²) in [6, 6.07) is 3.11. The zero-order valence-electron chi connectivity index (χ0n) is 10.5. The molecule has 0 saturated heterocycles. The minimum absolute atomic E-state index is 0.0816. The molecule has 0 fully saturated rings. The first-order valence-electron chi connectivity index (χ1n) is 5.48. The number of rotatable bonds is 4. The molecule has 0 spiro atoms. The van der Waals surface area contributed by atoms with E-state index in [0.29, 0.717) is 4.88 Å². The third-order valence-electron chi connectivity index (χ3n) is 2.53. The van der Waals surface area contributed by atoms with Crippen molar-refractivity contribution in [2.45, 2.75) is 33.2 Å². The SMILES string of the molecule is CC(C)(C)C(CC(=O)O)NC(=O)c1ccc(Br)s1. The van der Waals surface area contributed by atoms with Crippen LogP contribution in [-0.2, 0) is 4.79 Å². The van der Waals surface area contributed by atoms with E-state index < -0.39 is 12.0 Å². The van der Waals surface area contributed by atoms with Crippen LogP contribution in [0.3, 0.4) is 0 Å². The Morgan fingerprint density at radius 3 is 2.44 bits per heavy atom. The van der Waals surface area contributed by atoms with Crippen LogP contribution in [0.4, 0.5) is 0 Å². The van der Waals surface area contributed by atoms with Gasteiger partial charge in [-0.15, -0.1) is 11.3 Å². The second-order valence-electron chi connectivity index (χ2n) is 5.09. The fourth-order valence-corrected chi connectivity index (χ4v) is 2.70. The monoisotopic (exact) mass is 333 g/mol. The van der Waals surface area contributed by atoms with Crippen LogP contribution in [0.1, 0.15) is 36.9 Å². The molecule has 1 amide bonds. The summed E-state index contributed by atoms with van der Waals surface area (Å²) < 4.78 is 0.873. The van der Waals surface area contributed by atoms with Crippen molar-refractivity contribution < 1.29 is 14.7 Å². The van der Waals surface area contributed by atoms with Gasteiger partial charge in [0.2, 0.25) is 0 Å². The van der Waals surface area contributed by atoms with Gasteiger partial charge in [0.1, 0.15) is 0 Å². The van der Waals surface area contributed by atoms with Crippen molar-refractivity contribution in [1.29, 1.82) is 0 Å². The summed E-state index contributed by atoms with van der Waals surface area (Å²) in [4.78, 5) is 23.4. The molecule has 1 atom stereocenters. The number of amides is 1. The van der Waals surface area contributed by atoms with Crippen LogP contribution in [0.15, 0.2) is 15.9 Å². The molecule has 0 aromatic carbocycles. The highest BCUT2D eigenvalue weighted by molar-refractivity contribution is 9.11. The normalized spacial score (nSPS) is 13.1. The number of thiophene rings is 1. The molecule has 1 unspecified atom stereocenters. The lowest BCUT2D eigenvalue weighted by Gasteiger charge is -2.30. The Bertz CT molecular complexity index is 450. The van der Waals surface area contributed by atoms with Crippen LogP contribution in [0, 0.1) is 5.41 Å². The first kappa shape index (κ1) is 15.2. The lowest BCUT2D eigenvalue weighted by molar-refractivity contribution is -0.138. The standard InChI is InChI=1S/C12H16BrNO3S/c1-12(2,3)8(6-10(15)16)14-11(17)7-4-5-9(13)18-7/h4-5,8H,6H2,1-3H3,(H,14,17)(H,15,16). The molecule has 1 rings (SSSR count). The van der Waals surface area contributed by atoms with Crippen LogP contribution in [0.25, 0.3) is 0 Å². The van der Waals surface area contributed by atoms with E-state index in [2.05, 4.69) is 21.2 Å². The number of carbonyl (C=O) groups excluding carboxylic acids is 1. The molecule has 0 saturated carbocycles. The molecule has 0 aliphatic carbocycles. The molecular weight excluding hydrogens is 318 g/mol. The van der Waals surface area contributed by atoms with E-state index in [1.807, 2.05) is 20.8 Å². The molecule has 6 heteroatoms. The molecule has 0 bridgehead atoms. The maximum atomic E-state index is 12.0. The van der Waals surface area contributed by atoms with Gasteiger partial charge in [0, 0.05) is 6.04 Å². The third kappa shape index (κ3) is 4.42. The maximum Gasteiger partial charge on any atom is 0.305 e. The topological polar surface area (TPSA) is 66.4 Å². The predicted molar refractivity (Wildman–Crippen MR) is 75.0 cm³/mol. The molecular formula is C12H16BrNO3S. The smallest absolute Gasteiger partial charge is 0.305 e. The highest BCUT2D eigenvalue weighted by Crippen LogP contribution is 2.25. The van der Waals surface area contributed by atoms with Crippen LogP contribution >= 0.6 is 27.3 Å². The highest BCUT2D eigenvalue weighted by Gasteiger charge is 2.29. The molecule has 1 heterocycles. The fraction of sp³-hybridized carbons (Fsp3) is 0.500. The summed E-state index contributed by atoms with van der Waals surface area (Å²) in [5, 5.41) is 11.7. The second kappa shape index (κ2) is 5.84.